The smallest absolute Gasteiger partial charge is 0.129 e. The van der Waals surface area contributed by atoms with Crippen LogP contribution in [0.5, 0.6) is 11.5 Å². The summed E-state index contributed by atoms with van der Waals surface area (Å²) in [4.78, 5) is 0. The molecule has 0 amide bonds. The molecule has 0 aliphatic rings. The first kappa shape index (κ1) is 14.3. The van der Waals surface area contributed by atoms with Gasteiger partial charge in [-0.2, -0.15) is 0 Å². The van der Waals surface area contributed by atoms with Crippen molar-refractivity contribution in [1.29, 1.82) is 0 Å². The summed E-state index contributed by atoms with van der Waals surface area (Å²) in [7, 11) is 4.22. The average molecular weight is 254 g/mol. The molecule has 0 N–H and O–H groups in total. The van der Waals surface area contributed by atoms with Gasteiger partial charge in [0.25, 0.3) is 0 Å². The van der Waals surface area contributed by atoms with E-state index in [0.29, 0.717) is 0 Å². The average Bonchev–Trinajstić information content (AvgIpc) is 2.38. The third kappa shape index (κ3) is 4.55. The van der Waals surface area contributed by atoms with E-state index < -0.39 is 0 Å². The molecule has 0 radical (unpaired) electrons. The van der Waals surface area contributed by atoms with Gasteiger partial charge in [0, 0.05) is 0 Å². The molecule has 96 valence electrons. The van der Waals surface area contributed by atoms with Crippen molar-refractivity contribution in [2.45, 2.75) is 32.6 Å². The van der Waals surface area contributed by atoms with Gasteiger partial charge < -0.3 is 9.47 Å². The lowest BCUT2D eigenvalue weighted by Gasteiger charge is -2.12. The Hall–Kier alpha value is -0.750. The second kappa shape index (κ2) is 8.36. The summed E-state index contributed by atoms with van der Waals surface area (Å²) in [6, 6.07) is 6.00. The molecule has 0 saturated heterocycles. The van der Waals surface area contributed by atoms with E-state index in [9.17, 15) is 0 Å². The van der Waals surface area contributed by atoms with E-state index in [4.69, 9.17) is 9.47 Å². The Morgan fingerprint density at radius 1 is 1.00 bits per heavy atom. The molecular formula is C14H23O2P. The first-order chi connectivity index (χ1) is 8.33. The second-order valence-electron chi connectivity index (χ2n) is 4.02. The van der Waals surface area contributed by atoms with Crippen LogP contribution in [0.2, 0.25) is 0 Å². The highest BCUT2D eigenvalue weighted by Crippen LogP contribution is 2.27. The molecule has 0 aliphatic carbocycles. The quantitative estimate of drug-likeness (QED) is 0.521. The lowest BCUT2D eigenvalue weighted by Crippen LogP contribution is -2.06. The van der Waals surface area contributed by atoms with E-state index >= 15 is 0 Å². The molecule has 1 atom stereocenters. The van der Waals surface area contributed by atoms with Crippen LogP contribution in [-0.2, 0) is 0 Å². The Balaban J connectivity index is 2.55. The molecule has 17 heavy (non-hydrogen) atoms. The maximum absolute atomic E-state index is 5.39. The van der Waals surface area contributed by atoms with E-state index in [1.54, 1.807) is 14.2 Å². The van der Waals surface area contributed by atoms with E-state index in [-0.39, 0.29) is 0 Å². The van der Waals surface area contributed by atoms with E-state index in [1.165, 1.54) is 37.1 Å². The molecule has 0 heterocycles. The highest BCUT2D eigenvalue weighted by Gasteiger charge is 2.08. The molecule has 3 heteroatoms. The summed E-state index contributed by atoms with van der Waals surface area (Å²) < 4.78 is 10.8. The van der Waals surface area contributed by atoms with Gasteiger partial charge in [0.2, 0.25) is 0 Å². The normalized spacial score (nSPS) is 11.0. The van der Waals surface area contributed by atoms with Gasteiger partial charge >= 0.3 is 0 Å². The van der Waals surface area contributed by atoms with Gasteiger partial charge in [-0.05, 0) is 24.7 Å². The monoisotopic (exact) mass is 254 g/mol. The van der Waals surface area contributed by atoms with Crippen LogP contribution in [-0.4, -0.2) is 20.4 Å². The Kier molecular flexibility index (Phi) is 7.04. The third-order valence-electron chi connectivity index (χ3n) is 2.76. The number of rotatable bonds is 8. The molecule has 0 bridgehead atoms. The maximum atomic E-state index is 5.39. The zero-order valence-electron chi connectivity index (χ0n) is 11.1. The summed E-state index contributed by atoms with van der Waals surface area (Å²) in [5.41, 5.74) is 0. The first-order valence-electron chi connectivity index (χ1n) is 6.28. The molecule has 0 saturated carbocycles. The molecule has 0 aliphatic heterocycles. The van der Waals surface area contributed by atoms with E-state index in [0.717, 1.165) is 20.1 Å². The van der Waals surface area contributed by atoms with Crippen molar-refractivity contribution in [1.82, 2.24) is 0 Å². The minimum absolute atomic E-state index is 0.777. The number of methoxy groups -OCH3 is 2. The SMILES string of the molecule is CCCCCCPc1c(OC)cccc1OC. The topological polar surface area (TPSA) is 18.5 Å². The predicted molar refractivity (Wildman–Crippen MR) is 76.5 cm³/mol. The van der Waals surface area contributed by atoms with E-state index in [1.807, 2.05) is 18.2 Å². The number of benzene rings is 1. The largest absolute Gasteiger partial charge is 0.496 e. The van der Waals surface area contributed by atoms with Crippen LogP contribution in [0, 0.1) is 0 Å². The highest BCUT2D eigenvalue weighted by atomic mass is 31.1. The van der Waals surface area contributed by atoms with Crippen LogP contribution < -0.4 is 14.8 Å². The second-order valence-corrected chi connectivity index (χ2v) is 5.38. The van der Waals surface area contributed by atoms with Crippen LogP contribution in [0.1, 0.15) is 32.6 Å². The molecule has 0 spiro atoms. The lowest BCUT2D eigenvalue weighted by molar-refractivity contribution is 0.401. The minimum atomic E-state index is 0.777. The summed E-state index contributed by atoms with van der Waals surface area (Å²) in [5, 5.41) is 1.23. The molecular weight excluding hydrogens is 231 g/mol. The molecule has 1 unspecified atom stereocenters. The number of hydrogen-bond donors (Lipinski definition) is 0. The van der Waals surface area contributed by atoms with Crippen molar-refractivity contribution in [3.05, 3.63) is 18.2 Å². The van der Waals surface area contributed by atoms with Crippen molar-refractivity contribution >= 4 is 13.9 Å². The van der Waals surface area contributed by atoms with Crippen LogP contribution in [0.15, 0.2) is 18.2 Å². The van der Waals surface area contributed by atoms with Gasteiger partial charge in [-0.3, -0.25) is 0 Å². The summed E-state index contributed by atoms with van der Waals surface area (Å²) in [6.45, 7) is 2.24. The predicted octanol–water partition coefficient (Wildman–Crippen LogP) is 3.59. The zero-order valence-corrected chi connectivity index (χ0v) is 12.1. The van der Waals surface area contributed by atoms with Crippen molar-refractivity contribution in [2.24, 2.45) is 0 Å². The maximum Gasteiger partial charge on any atom is 0.129 e. The number of hydrogen-bond acceptors (Lipinski definition) is 2. The molecule has 1 aromatic carbocycles. The first-order valence-corrected chi connectivity index (χ1v) is 7.49. The van der Waals surface area contributed by atoms with Gasteiger partial charge in [-0.25, -0.2) is 0 Å². The Bertz CT molecular complexity index is 304. The van der Waals surface area contributed by atoms with Crippen LogP contribution >= 0.6 is 8.58 Å². The van der Waals surface area contributed by atoms with Gasteiger partial charge in [0.05, 0.1) is 19.5 Å². The Morgan fingerprint density at radius 2 is 1.65 bits per heavy atom. The highest BCUT2D eigenvalue weighted by molar-refractivity contribution is 7.47. The fourth-order valence-electron chi connectivity index (χ4n) is 1.79. The van der Waals surface area contributed by atoms with Gasteiger partial charge in [-0.15, -0.1) is 0 Å². The molecule has 0 aromatic heterocycles. The van der Waals surface area contributed by atoms with Gasteiger partial charge in [-0.1, -0.05) is 40.8 Å². The standard InChI is InChI=1S/C14H23O2P/c1-4-5-6-7-11-17-14-12(15-2)9-8-10-13(14)16-3/h8-10,17H,4-7,11H2,1-3H3. The minimum Gasteiger partial charge on any atom is -0.496 e. The summed E-state index contributed by atoms with van der Waals surface area (Å²) >= 11 is 0. The van der Waals surface area contributed by atoms with Crippen molar-refractivity contribution in [3.8, 4) is 11.5 Å². The van der Waals surface area contributed by atoms with Gasteiger partial charge in [0.15, 0.2) is 0 Å². The molecule has 0 fully saturated rings. The fraction of sp³-hybridized carbons (Fsp3) is 0.571. The lowest BCUT2D eigenvalue weighted by atomic mass is 10.2. The van der Waals surface area contributed by atoms with Crippen molar-refractivity contribution < 1.29 is 9.47 Å². The van der Waals surface area contributed by atoms with Crippen LogP contribution in [0.3, 0.4) is 0 Å². The number of unbranched alkanes of at least 4 members (excludes halogenated alkanes) is 3. The van der Waals surface area contributed by atoms with Crippen molar-refractivity contribution in [2.75, 3.05) is 20.4 Å². The summed E-state index contributed by atoms with van der Waals surface area (Å²) in [5.74, 6) is 1.91. The molecule has 1 aromatic rings. The molecule has 2 nitrogen and oxygen atoms in total. The zero-order chi connectivity index (χ0) is 12.5. The number of ether oxygens (including phenoxy) is 2. The van der Waals surface area contributed by atoms with Crippen LogP contribution in [0.4, 0.5) is 0 Å². The van der Waals surface area contributed by atoms with Crippen molar-refractivity contribution in [3.63, 3.8) is 0 Å². The Morgan fingerprint density at radius 3 is 2.18 bits per heavy atom. The fourth-order valence-corrected chi connectivity index (χ4v) is 3.19. The van der Waals surface area contributed by atoms with E-state index in [2.05, 4.69) is 6.92 Å². The van der Waals surface area contributed by atoms with Gasteiger partial charge in [0.1, 0.15) is 11.5 Å². The summed E-state index contributed by atoms with van der Waals surface area (Å²) in [6.07, 6.45) is 6.50. The van der Waals surface area contributed by atoms with Crippen LogP contribution in [0.25, 0.3) is 0 Å². The molecule has 1 rings (SSSR count). The Labute approximate surface area is 106 Å². The third-order valence-corrected chi connectivity index (χ3v) is 4.21.